The van der Waals surface area contributed by atoms with Crippen LogP contribution in [0.5, 0.6) is 0 Å². The predicted octanol–water partition coefficient (Wildman–Crippen LogP) is 2.90. The lowest BCUT2D eigenvalue weighted by molar-refractivity contribution is -0.424. The monoisotopic (exact) mass is 293 g/mol. The summed E-state index contributed by atoms with van der Waals surface area (Å²) in [5.74, 6) is 0. The first-order chi connectivity index (χ1) is 9.39. The highest BCUT2D eigenvalue weighted by Gasteiger charge is 2.19. The van der Waals surface area contributed by atoms with E-state index < -0.39 is 9.84 Å². The zero-order chi connectivity index (χ0) is 15.2. The van der Waals surface area contributed by atoms with E-state index >= 15 is 0 Å². The van der Waals surface area contributed by atoms with Crippen LogP contribution in [0.15, 0.2) is 52.4 Å². The molecule has 0 aliphatic rings. The second kappa shape index (κ2) is 7.08. The molecule has 5 heteroatoms. The van der Waals surface area contributed by atoms with Crippen LogP contribution < -0.4 is 0 Å². The van der Waals surface area contributed by atoms with Crippen LogP contribution >= 0.6 is 0 Å². The van der Waals surface area contributed by atoms with Gasteiger partial charge in [-0.1, -0.05) is 24.8 Å². The highest BCUT2D eigenvalue weighted by atomic mass is 32.2. The Morgan fingerprint density at radius 3 is 2.40 bits per heavy atom. The molecule has 1 aromatic carbocycles. The van der Waals surface area contributed by atoms with Crippen molar-refractivity contribution in [1.82, 2.24) is 0 Å². The highest BCUT2D eigenvalue weighted by molar-refractivity contribution is 7.95. The SMILES string of the molecule is C=C=C(CCC/C(C)=[N+](/C)[O-])S(=O)(=O)c1ccccc1. The maximum absolute atomic E-state index is 12.4. The number of sulfone groups is 1. The quantitative estimate of drug-likeness (QED) is 0.266. The Bertz CT molecular complexity index is 635. The highest BCUT2D eigenvalue weighted by Crippen LogP contribution is 2.22. The van der Waals surface area contributed by atoms with Crippen molar-refractivity contribution < 1.29 is 13.2 Å². The number of hydroxylamine groups is 1. The zero-order valence-corrected chi connectivity index (χ0v) is 12.6. The molecule has 0 unspecified atom stereocenters. The fourth-order valence-electron chi connectivity index (χ4n) is 1.72. The molecule has 0 amide bonds. The lowest BCUT2D eigenvalue weighted by atomic mass is 10.2. The number of benzene rings is 1. The molecule has 20 heavy (non-hydrogen) atoms. The summed E-state index contributed by atoms with van der Waals surface area (Å²) in [5.41, 5.74) is 3.19. The van der Waals surface area contributed by atoms with Crippen molar-refractivity contribution in [3.63, 3.8) is 0 Å². The molecule has 0 aromatic heterocycles. The van der Waals surface area contributed by atoms with Gasteiger partial charge < -0.3 is 5.21 Å². The van der Waals surface area contributed by atoms with Crippen LogP contribution in [-0.4, -0.2) is 25.9 Å². The number of allylic oxidation sites excluding steroid dienone is 1. The summed E-state index contributed by atoms with van der Waals surface area (Å²) in [5, 5.41) is 11.0. The van der Waals surface area contributed by atoms with Gasteiger partial charge in [-0.2, -0.15) is 0 Å². The van der Waals surface area contributed by atoms with Gasteiger partial charge in [0.1, 0.15) is 7.05 Å². The third kappa shape index (κ3) is 4.08. The Morgan fingerprint density at radius 1 is 1.30 bits per heavy atom. The minimum absolute atomic E-state index is 0.171. The van der Waals surface area contributed by atoms with E-state index in [9.17, 15) is 13.6 Å². The van der Waals surface area contributed by atoms with Crippen LogP contribution in [0.1, 0.15) is 26.2 Å². The fraction of sp³-hybridized carbons (Fsp3) is 0.333. The number of hydrogen-bond acceptors (Lipinski definition) is 3. The average Bonchev–Trinajstić information content (AvgIpc) is 2.43. The molecule has 1 rings (SSSR count). The first-order valence-corrected chi connectivity index (χ1v) is 7.80. The summed E-state index contributed by atoms with van der Waals surface area (Å²) in [6.07, 6.45) is 1.45. The Labute approximate surface area is 120 Å². The van der Waals surface area contributed by atoms with Crippen molar-refractivity contribution in [1.29, 1.82) is 0 Å². The van der Waals surface area contributed by atoms with Gasteiger partial charge in [-0.05, 0) is 25.0 Å². The molecule has 0 aliphatic carbocycles. The summed E-state index contributed by atoms with van der Waals surface area (Å²) in [7, 11) is -2.10. The van der Waals surface area contributed by atoms with Crippen molar-refractivity contribution >= 4 is 15.5 Å². The number of nitrogens with zero attached hydrogens (tertiary/aromatic N) is 1. The first kappa shape index (κ1) is 16.2. The normalized spacial score (nSPS) is 12.5. The molecule has 0 atom stereocenters. The first-order valence-electron chi connectivity index (χ1n) is 6.32. The lowest BCUT2D eigenvalue weighted by Gasteiger charge is -2.07. The largest absolute Gasteiger partial charge is 0.624 e. The number of rotatable bonds is 6. The maximum atomic E-state index is 12.4. The lowest BCUT2D eigenvalue weighted by Crippen LogP contribution is -2.09. The van der Waals surface area contributed by atoms with Crippen LogP contribution in [0.2, 0.25) is 0 Å². The second-order valence-electron chi connectivity index (χ2n) is 4.50. The second-order valence-corrected chi connectivity index (χ2v) is 6.47. The molecule has 108 valence electrons. The van der Waals surface area contributed by atoms with Gasteiger partial charge >= 0.3 is 0 Å². The van der Waals surface area contributed by atoms with Gasteiger partial charge in [0, 0.05) is 13.3 Å². The Balaban J connectivity index is 2.83. The van der Waals surface area contributed by atoms with Gasteiger partial charge in [0.25, 0.3) is 0 Å². The topological polar surface area (TPSA) is 60.2 Å². The molecular weight excluding hydrogens is 274 g/mol. The molecule has 0 saturated carbocycles. The van der Waals surface area contributed by atoms with E-state index in [0.29, 0.717) is 25.0 Å². The van der Waals surface area contributed by atoms with Crippen molar-refractivity contribution in [2.75, 3.05) is 7.05 Å². The Morgan fingerprint density at radius 2 is 1.90 bits per heavy atom. The van der Waals surface area contributed by atoms with E-state index in [0.717, 1.165) is 4.74 Å². The fourth-order valence-corrected chi connectivity index (χ4v) is 3.12. The van der Waals surface area contributed by atoms with E-state index in [2.05, 4.69) is 12.3 Å². The molecule has 0 radical (unpaired) electrons. The molecular formula is C15H19NO3S. The third-order valence-electron chi connectivity index (χ3n) is 3.06. The van der Waals surface area contributed by atoms with Crippen LogP contribution in [-0.2, 0) is 9.84 Å². The summed E-state index contributed by atoms with van der Waals surface area (Å²) >= 11 is 0. The van der Waals surface area contributed by atoms with Crippen LogP contribution in [0, 0.1) is 5.21 Å². The van der Waals surface area contributed by atoms with Crippen molar-refractivity contribution in [2.24, 2.45) is 0 Å². The molecule has 1 aromatic rings. The van der Waals surface area contributed by atoms with Gasteiger partial charge in [-0.25, -0.2) is 13.2 Å². The molecule has 4 nitrogen and oxygen atoms in total. The molecule has 0 bridgehead atoms. The zero-order valence-electron chi connectivity index (χ0n) is 11.8. The maximum Gasteiger partial charge on any atom is 0.209 e. The van der Waals surface area contributed by atoms with Gasteiger partial charge in [-0.15, -0.1) is 5.73 Å². The van der Waals surface area contributed by atoms with Crippen LogP contribution in [0.25, 0.3) is 0 Å². The van der Waals surface area contributed by atoms with Crippen molar-refractivity contribution in [2.45, 2.75) is 31.1 Å². The molecule has 0 N–H and O–H groups in total. The minimum Gasteiger partial charge on any atom is -0.624 e. The molecule has 0 aliphatic heterocycles. The minimum atomic E-state index is -3.53. The smallest absolute Gasteiger partial charge is 0.209 e. The predicted molar refractivity (Wildman–Crippen MR) is 80.4 cm³/mol. The van der Waals surface area contributed by atoms with Gasteiger partial charge in [0.15, 0.2) is 5.71 Å². The summed E-state index contributed by atoms with van der Waals surface area (Å²) < 4.78 is 25.5. The third-order valence-corrected chi connectivity index (χ3v) is 4.95. The van der Waals surface area contributed by atoms with E-state index in [-0.39, 0.29) is 9.80 Å². The van der Waals surface area contributed by atoms with Gasteiger partial charge in [0.05, 0.1) is 9.80 Å². The van der Waals surface area contributed by atoms with E-state index in [1.807, 2.05) is 0 Å². The van der Waals surface area contributed by atoms with Crippen molar-refractivity contribution in [3.05, 3.63) is 52.8 Å². The van der Waals surface area contributed by atoms with E-state index in [1.54, 1.807) is 37.3 Å². The standard InChI is InChI=1S/C15H19NO3S/c1-4-14(12-8-9-13(2)16(3)17)20(18,19)15-10-6-5-7-11-15/h5-7,10-11H,1,8-9,12H2,2-3H3/b16-13-. The van der Waals surface area contributed by atoms with E-state index in [1.165, 1.54) is 7.05 Å². The van der Waals surface area contributed by atoms with Gasteiger partial charge in [0.2, 0.25) is 9.84 Å². The van der Waals surface area contributed by atoms with Gasteiger partial charge in [-0.3, -0.25) is 0 Å². The summed E-state index contributed by atoms with van der Waals surface area (Å²) in [6, 6.07) is 8.22. The molecule has 0 heterocycles. The summed E-state index contributed by atoms with van der Waals surface area (Å²) in [6.45, 7) is 5.20. The number of hydrogen-bond donors (Lipinski definition) is 0. The average molecular weight is 293 g/mol. The molecule has 0 saturated heterocycles. The molecule has 0 spiro atoms. The Hall–Kier alpha value is -1.84. The Kier molecular flexibility index (Phi) is 5.74. The van der Waals surface area contributed by atoms with Crippen LogP contribution in [0.3, 0.4) is 0 Å². The molecule has 0 fully saturated rings. The summed E-state index contributed by atoms with van der Waals surface area (Å²) in [4.78, 5) is 0.415. The van der Waals surface area contributed by atoms with E-state index in [4.69, 9.17) is 0 Å². The van der Waals surface area contributed by atoms with Crippen molar-refractivity contribution in [3.8, 4) is 0 Å². The van der Waals surface area contributed by atoms with Crippen LogP contribution in [0.4, 0.5) is 0 Å².